The van der Waals surface area contributed by atoms with Gasteiger partial charge in [0.25, 0.3) is 0 Å². The molecule has 3 heteroatoms. The summed E-state index contributed by atoms with van der Waals surface area (Å²) in [5, 5.41) is 3.07. The first-order valence-corrected chi connectivity index (χ1v) is 5.85. The summed E-state index contributed by atoms with van der Waals surface area (Å²) in [7, 11) is 0. The molecule has 1 N–H and O–H groups in total. The van der Waals surface area contributed by atoms with Crippen molar-refractivity contribution in [2.75, 3.05) is 13.1 Å². The maximum atomic E-state index is 13.3. The highest BCUT2D eigenvalue weighted by molar-refractivity contribution is 5.13. The largest absolute Gasteiger partial charge is 0.373 e. The van der Waals surface area contributed by atoms with E-state index in [2.05, 4.69) is 5.32 Å². The predicted molar refractivity (Wildman–Crippen MR) is 62.0 cm³/mol. The monoisotopic (exact) mass is 223 g/mol. The summed E-state index contributed by atoms with van der Waals surface area (Å²) in [6, 6.07) is 10.0. The minimum atomic E-state index is -0.775. The number of hydrogen-bond acceptors (Lipinski definition) is 2. The SMILES string of the molecule is FC1CNCCC(OCc2ccccc2)C1. The van der Waals surface area contributed by atoms with Gasteiger partial charge in [-0.3, -0.25) is 0 Å². The van der Waals surface area contributed by atoms with Gasteiger partial charge >= 0.3 is 0 Å². The van der Waals surface area contributed by atoms with Crippen molar-refractivity contribution < 1.29 is 9.13 Å². The lowest BCUT2D eigenvalue weighted by molar-refractivity contribution is 0.0218. The average Bonchev–Trinajstić information content (AvgIpc) is 2.52. The molecule has 2 nitrogen and oxygen atoms in total. The first-order valence-electron chi connectivity index (χ1n) is 5.85. The van der Waals surface area contributed by atoms with Crippen LogP contribution in [0, 0.1) is 0 Å². The second-order valence-electron chi connectivity index (χ2n) is 4.24. The Balaban J connectivity index is 1.80. The number of alkyl halides is 1. The van der Waals surface area contributed by atoms with Gasteiger partial charge in [0.15, 0.2) is 0 Å². The summed E-state index contributed by atoms with van der Waals surface area (Å²) in [6.45, 7) is 1.89. The van der Waals surface area contributed by atoms with E-state index >= 15 is 0 Å². The maximum absolute atomic E-state index is 13.3. The summed E-state index contributed by atoms with van der Waals surface area (Å²) < 4.78 is 19.0. The molecule has 0 radical (unpaired) electrons. The molecule has 0 spiro atoms. The van der Waals surface area contributed by atoms with Gasteiger partial charge < -0.3 is 10.1 Å². The Hall–Kier alpha value is -0.930. The molecule has 1 aromatic rings. The summed E-state index contributed by atoms with van der Waals surface area (Å²) in [4.78, 5) is 0. The van der Waals surface area contributed by atoms with Crippen LogP contribution >= 0.6 is 0 Å². The highest BCUT2D eigenvalue weighted by atomic mass is 19.1. The summed E-state index contributed by atoms with van der Waals surface area (Å²) in [5.74, 6) is 0. The van der Waals surface area contributed by atoms with E-state index in [0.29, 0.717) is 19.6 Å². The number of rotatable bonds is 3. The molecule has 1 aromatic carbocycles. The molecular weight excluding hydrogens is 205 g/mol. The van der Waals surface area contributed by atoms with Crippen LogP contribution < -0.4 is 5.32 Å². The predicted octanol–water partition coefficient (Wildman–Crippen LogP) is 2.29. The molecule has 1 heterocycles. The van der Waals surface area contributed by atoms with Gasteiger partial charge in [0, 0.05) is 13.0 Å². The van der Waals surface area contributed by atoms with E-state index < -0.39 is 6.17 Å². The lowest BCUT2D eigenvalue weighted by Crippen LogP contribution is -2.21. The Kier molecular flexibility index (Phi) is 4.31. The van der Waals surface area contributed by atoms with Gasteiger partial charge in [0.05, 0.1) is 12.7 Å². The summed E-state index contributed by atoms with van der Waals surface area (Å²) in [6.07, 6.45) is 0.682. The second-order valence-corrected chi connectivity index (χ2v) is 4.24. The van der Waals surface area contributed by atoms with Crippen molar-refractivity contribution in [1.29, 1.82) is 0 Å². The number of ether oxygens (including phenoxy) is 1. The van der Waals surface area contributed by atoms with Crippen LogP contribution in [-0.4, -0.2) is 25.4 Å². The minimum Gasteiger partial charge on any atom is -0.373 e. The van der Waals surface area contributed by atoms with Crippen molar-refractivity contribution in [2.24, 2.45) is 0 Å². The molecule has 2 rings (SSSR count). The Morgan fingerprint density at radius 1 is 1.31 bits per heavy atom. The van der Waals surface area contributed by atoms with Crippen molar-refractivity contribution >= 4 is 0 Å². The number of hydrogen-bond donors (Lipinski definition) is 1. The molecule has 1 aliphatic rings. The Bertz CT molecular complexity index is 304. The van der Waals surface area contributed by atoms with Crippen LogP contribution in [0.15, 0.2) is 30.3 Å². The van der Waals surface area contributed by atoms with E-state index in [-0.39, 0.29) is 6.10 Å². The molecule has 88 valence electrons. The molecule has 0 saturated carbocycles. The van der Waals surface area contributed by atoms with Crippen molar-refractivity contribution in [3.05, 3.63) is 35.9 Å². The zero-order valence-electron chi connectivity index (χ0n) is 9.36. The van der Waals surface area contributed by atoms with Gasteiger partial charge in [-0.2, -0.15) is 0 Å². The van der Waals surface area contributed by atoms with E-state index in [1.165, 1.54) is 0 Å². The number of benzene rings is 1. The second kappa shape index (κ2) is 5.97. The lowest BCUT2D eigenvalue weighted by Gasteiger charge is -2.16. The summed E-state index contributed by atoms with van der Waals surface area (Å²) in [5.41, 5.74) is 1.15. The Morgan fingerprint density at radius 3 is 2.94 bits per heavy atom. The van der Waals surface area contributed by atoms with Gasteiger partial charge in [-0.1, -0.05) is 30.3 Å². The highest BCUT2D eigenvalue weighted by Crippen LogP contribution is 2.14. The zero-order chi connectivity index (χ0) is 11.2. The fourth-order valence-electron chi connectivity index (χ4n) is 1.95. The molecule has 0 amide bonds. The zero-order valence-corrected chi connectivity index (χ0v) is 9.36. The third kappa shape index (κ3) is 3.58. The third-order valence-corrected chi connectivity index (χ3v) is 2.86. The molecule has 2 unspecified atom stereocenters. The number of nitrogens with one attached hydrogen (secondary N) is 1. The molecule has 16 heavy (non-hydrogen) atoms. The third-order valence-electron chi connectivity index (χ3n) is 2.86. The molecular formula is C13H18FNO. The van der Waals surface area contributed by atoms with Crippen molar-refractivity contribution in [3.8, 4) is 0 Å². The molecule has 0 aliphatic carbocycles. The van der Waals surface area contributed by atoms with E-state index in [9.17, 15) is 4.39 Å². The van der Waals surface area contributed by atoms with Crippen LogP contribution in [0.4, 0.5) is 4.39 Å². The Labute approximate surface area is 95.8 Å². The van der Waals surface area contributed by atoms with Gasteiger partial charge in [-0.15, -0.1) is 0 Å². The highest BCUT2D eigenvalue weighted by Gasteiger charge is 2.19. The van der Waals surface area contributed by atoms with E-state index in [1.54, 1.807) is 0 Å². The standard InChI is InChI=1S/C13H18FNO/c14-12-8-13(6-7-15-9-12)16-10-11-4-2-1-3-5-11/h1-5,12-13,15H,6-10H2. The van der Waals surface area contributed by atoms with Crippen LogP contribution in [0.3, 0.4) is 0 Å². The molecule has 1 saturated heterocycles. The maximum Gasteiger partial charge on any atom is 0.115 e. The fourth-order valence-corrected chi connectivity index (χ4v) is 1.95. The smallest absolute Gasteiger partial charge is 0.115 e. The van der Waals surface area contributed by atoms with Crippen LogP contribution in [0.1, 0.15) is 18.4 Å². The Morgan fingerprint density at radius 2 is 2.12 bits per heavy atom. The quantitative estimate of drug-likeness (QED) is 0.849. The van der Waals surface area contributed by atoms with Gasteiger partial charge in [-0.25, -0.2) is 4.39 Å². The van der Waals surface area contributed by atoms with Crippen molar-refractivity contribution in [1.82, 2.24) is 5.32 Å². The van der Waals surface area contributed by atoms with Gasteiger partial charge in [-0.05, 0) is 18.5 Å². The van der Waals surface area contributed by atoms with E-state index in [1.807, 2.05) is 30.3 Å². The normalized spacial score (nSPS) is 26.3. The lowest BCUT2D eigenvalue weighted by atomic mass is 10.1. The van der Waals surface area contributed by atoms with Crippen molar-refractivity contribution in [2.45, 2.75) is 31.7 Å². The molecule has 2 atom stereocenters. The van der Waals surface area contributed by atoms with Crippen LogP contribution in [0.2, 0.25) is 0 Å². The first-order chi connectivity index (χ1) is 7.84. The molecule has 1 fully saturated rings. The molecule has 0 aromatic heterocycles. The van der Waals surface area contributed by atoms with Crippen LogP contribution in [-0.2, 0) is 11.3 Å². The number of halogens is 1. The first kappa shape index (κ1) is 11.6. The van der Waals surface area contributed by atoms with E-state index in [4.69, 9.17) is 4.74 Å². The molecule has 1 aliphatic heterocycles. The topological polar surface area (TPSA) is 21.3 Å². The van der Waals surface area contributed by atoms with Crippen LogP contribution in [0.25, 0.3) is 0 Å². The molecule has 0 bridgehead atoms. The van der Waals surface area contributed by atoms with Crippen molar-refractivity contribution in [3.63, 3.8) is 0 Å². The van der Waals surface area contributed by atoms with Crippen LogP contribution in [0.5, 0.6) is 0 Å². The van der Waals surface area contributed by atoms with E-state index in [0.717, 1.165) is 18.5 Å². The minimum absolute atomic E-state index is 0.0465. The fraction of sp³-hybridized carbons (Fsp3) is 0.538. The summed E-state index contributed by atoms with van der Waals surface area (Å²) >= 11 is 0. The average molecular weight is 223 g/mol. The van der Waals surface area contributed by atoms with Gasteiger partial charge in [0.1, 0.15) is 6.17 Å². The van der Waals surface area contributed by atoms with Gasteiger partial charge in [0.2, 0.25) is 0 Å².